The number of hydrogen-bond acceptors (Lipinski definition) is 2. The van der Waals surface area contributed by atoms with Crippen molar-refractivity contribution in [1.82, 2.24) is 4.57 Å². The Bertz CT molecular complexity index is 705. The van der Waals surface area contributed by atoms with E-state index in [1.807, 2.05) is 37.3 Å². The van der Waals surface area contributed by atoms with Crippen LogP contribution in [0.4, 0.5) is 0 Å². The molecular weight excluding hydrogens is 250 g/mol. The van der Waals surface area contributed by atoms with Gasteiger partial charge in [-0.15, -0.1) is 0 Å². The van der Waals surface area contributed by atoms with Crippen LogP contribution in [0.3, 0.4) is 0 Å². The van der Waals surface area contributed by atoms with Crippen LogP contribution in [0.25, 0.3) is 0 Å². The molecule has 0 radical (unpaired) electrons. The van der Waals surface area contributed by atoms with Crippen molar-refractivity contribution in [2.45, 2.75) is 19.9 Å². The maximum absolute atomic E-state index is 11.8. The lowest BCUT2D eigenvalue weighted by Gasteiger charge is -2.09. The molecule has 0 spiro atoms. The van der Waals surface area contributed by atoms with Gasteiger partial charge in [0.05, 0.1) is 13.2 Å². The summed E-state index contributed by atoms with van der Waals surface area (Å²) in [5.74, 6) is 5.90. The van der Waals surface area contributed by atoms with Crippen LogP contribution in [-0.2, 0) is 6.54 Å². The first-order chi connectivity index (χ1) is 9.70. The van der Waals surface area contributed by atoms with Crippen LogP contribution < -0.4 is 5.56 Å². The number of hydrogen-bond donors (Lipinski definition) is 1. The summed E-state index contributed by atoms with van der Waals surface area (Å²) in [7, 11) is 0. The van der Waals surface area contributed by atoms with Gasteiger partial charge in [0.15, 0.2) is 0 Å². The molecule has 0 amide bonds. The van der Waals surface area contributed by atoms with Crippen LogP contribution >= 0.6 is 0 Å². The standard InChI is InChI=1S/C17H17NO2/c1-14-6-4-10-17(20)18(14)13-16-9-5-8-15(12-16)7-2-3-11-19/h4-6,8-10,12,19H,3,11,13H2,1H3. The quantitative estimate of drug-likeness (QED) is 0.864. The van der Waals surface area contributed by atoms with E-state index in [1.165, 1.54) is 0 Å². The van der Waals surface area contributed by atoms with E-state index in [2.05, 4.69) is 11.8 Å². The van der Waals surface area contributed by atoms with Crippen molar-refractivity contribution in [3.63, 3.8) is 0 Å². The molecule has 0 bridgehead atoms. The van der Waals surface area contributed by atoms with Crippen molar-refractivity contribution in [2.24, 2.45) is 0 Å². The number of pyridine rings is 1. The van der Waals surface area contributed by atoms with Gasteiger partial charge in [0.1, 0.15) is 0 Å². The van der Waals surface area contributed by atoms with Crippen LogP contribution in [0.15, 0.2) is 47.3 Å². The third-order valence-electron chi connectivity index (χ3n) is 3.01. The van der Waals surface area contributed by atoms with Gasteiger partial charge in [-0.2, -0.15) is 0 Å². The number of aliphatic hydroxyl groups excluding tert-OH is 1. The molecule has 0 unspecified atom stereocenters. The second-order valence-electron chi connectivity index (χ2n) is 4.57. The van der Waals surface area contributed by atoms with Crippen molar-refractivity contribution >= 4 is 0 Å². The van der Waals surface area contributed by atoms with Crippen LogP contribution in [0.5, 0.6) is 0 Å². The molecule has 1 heterocycles. The number of aromatic nitrogens is 1. The van der Waals surface area contributed by atoms with Gasteiger partial charge in [-0.3, -0.25) is 4.79 Å². The highest BCUT2D eigenvalue weighted by Crippen LogP contribution is 2.07. The summed E-state index contributed by atoms with van der Waals surface area (Å²) in [4.78, 5) is 11.8. The zero-order chi connectivity index (χ0) is 14.4. The topological polar surface area (TPSA) is 42.2 Å². The van der Waals surface area contributed by atoms with Gasteiger partial charge in [-0.05, 0) is 30.7 Å². The molecule has 2 aromatic rings. The molecule has 0 atom stereocenters. The normalized spacial score (nSPS) is 9.90. The van der Waals surface area contributed by atoms with Gasteiger partial charge in [0.2, 0.25) is 0 Å². The maximum atomic E-state index is 11.8. The predicted octanol–water partition coefficient (Wildman–Crippen LogP) is 1.94. The molecule has 0 saturated heterocycles. The van der Waals surface area contributed by atoms with E-state index in [-0.39, 0.29) is 12.2 Å². The Morgan fingerprint density at radius 2 is 2.00 bits per heavy atom. The van der Waals surface area contributed by atoms with E-state index < -0.39 is 0 Å². The molecule has 1 N–H and O–H groups in total. The number of rotatable bonds is 3. The van der Waals surface area contributed by atoms with Crippen molar-refractivity contribution in [3.8, 4) is 11.8 Å². The first-order valence-electron chi connectivity index (χ1n) is 6.56. The van der Waals surface area contributed by atoms with E-state index in [4.69, 9.17) is 5.11 Å². The van der Waals surface area contributed by atoms with Gasteiger partial charge >= 0.3 is 0 Å². The van der Waals surface area contributed by atoms with Crippen molar-refractivity contribution in [1.29, 1.82) is 0 Å². The zero-order valence-electron chi connectivity index (χ0n) is 11.5. The van der Waals surface area contributed by atoms with Crippen LogP contribution in [0.1, 0.15) is 23.2 Å². The molecule has 0 aliphatic heterocycles. The summed E-state index contributed by atoms with van der Waals surface area (Å²) in [6.45, 7) is 2.54. The van der Waals surface area contributed by atoms with E-state index >= 15 is 0 Å². The molecule has 2 rings (SSSR count). The fourth-order valence-electron chi connectivity index (χ4n) is 1.98. The molecule has 20 heavy (non-hydrogen) atoms. The number of aryl methyl sites for hydroxylation is 1. The van der Waals surface area contributed by atoms with Crippen LogP contribution in [0.2, 0.25) is 0 Å². The molecule has 1 aromatic heterocycles. The number of nitrogens with zero attached hydrogens (tertiary/aromatic N) is 1. The van der Waals surface area contributed by atoms with Gasteiger partial charge in [0, 0.05) is 23.7 Å². The maximum Gasteiger partial charge on any atom is 0.251 e. The monoisotopic (exact) mass is 267 g/mol. The Balaban J connectivity index is 2.25. The molecule has 0 fully saturated rings. The lowest BCUT2D eigenvalue weighted by Crippen LogP contribution is -2.21. The third-order valence-corrected chi connectivity index (χ3v) is 3.01. The van der Waals surface area contributed by atoms with Gasteiger partial charge < -0.3 is 9.67 Å². The first kappa shape index (κ1) is 14.1. The number of aliphatic hydroxyl groups is 1. The minimum atomic E-state index is 0.00164. The average Bonchev–Trinajstić information content (AvgIpc) is 2.44. The average molecular weight is 267 g/mol. The zero-order valence-corrected chi connectivity index (χ0v) is 11.5. The highest BCUT2D eigenvalue weighted by atomic mass is 16.2. The lowest BCUT2D eigenvalue weighted by molar-refractivity contribution is 0.305. The van der Waals surface area contributed by atoms with Crippen LogP contribution in [0, 0.1) is 18.8 Å². The summed E-state index contributed by atoms with van der Waals surface area (Å²) in [5, 5.41) is 8.71. The second-order valence-corrected chi connectivity index (χ2v) is 4.57. The Labute approximate surface area is 118 Å². The molecule has 102 valence electrons. The molecule has 0 aliphatic rings. The second kappa shape index (κ2) is 6.74. The molecule has 0 saturated carbocycles. The SMILES string of the molecule is Cc1cccc(=O)n1Cc1cccc(C#CCCO)c1. The molecule has 3 nitrogen and oxygen atoms in total. The minimum absolute atomic E-state index is 0.00164. The van der Waals surface area contributed by atoms with E-state index in [0.29, 0.717) is 13.0 Å². The number of benzene rings is 1. The summed E-state index contributed by atoms with van der Waals surface area (Å²) in [5.41, 5.74) is 2.88. The van der Waals surface area contributed by atoms with E-state index in [9.17, 15) is 4.79 Å². The Morgan fingerprint density at radius 1 is 1.20 bits per heavy atom. The Hall–Kier alpha value is -2.31. The molecule has 3 heteroatoms. The summed E-state index contributed by atoms with van der Waals surface area (Å²) >= 11 is 0. The Morgan fingerprint density at radius 3 is 2.75 bits per heavy atom. The largest absolute Gasteiger partial charge is 0.395 e. The summed E-state index contributed by atoms with van der Waals surface area (Å²) in [6, 6.07) is 13.1. The summed E-state index contributed by atoms with van der Waals surface area (Å²) in [6.07, 6.45) is 0.474. The highest BCUT2D eigenvalue weighted by molar-refractivity contribution is 5.37. The van der Waals surface area contributed by atoms with Crippen molar-refractivity contribution in [3.05, 3.63) is 69.6 Å². The van der Waals surface area contributed by atoms with Gasteiger partial charge in [0.25, 0.3) is 5.56 Å². The van der Waals surface area contributed by atoms with Gasteiger partial charge in [-0.25, -0.2) is 0 Å². The van der Waals surface area contributed by atoms with Crippen LogP contribution in [-0.4, -0.2) is 16.3 Å². The molecule has 0 aliphatic carbocycles. The van der Waals surface area contributed by atoms with E-state index in [1.54, 1.807) is 16.7 Å². The van der Waals surface area contributed by atoms with Crippen molar-refractivity contribution in [2.75, 3.05) is 6.61 Å². The van der Waals surface area contributed by atoms with E-state index in [0.717, 1.165) is 16.8 Å². The smallest absolute Gasteiger partial charge is 0.251 e. The molecule has 1 aromatic carbocycles. The summed E-state index contributed by atoms with van der Waals surface area (Å²) < 4.78 is 1.74. The fraction of sp³-hybridized carbons (Fsp3) is 0.235. The lowest BCUT2D eigenvalue weighted by atomic mass is 10.1. The predicted molar refractivity (Wildman–Crippen MR) is 79.6 cm³/mol. The highest BCUT2D eigenvalue weighted by Gasteiger charge is 2.01. The Kier molecular flexibility index (Phi) is 4.75. The molecular formula is C17H17NO2. The van der Waals surface area contributed by atoms with Crippen molar-refractivity contribution < 1.29 is 5.11 Å². The fourth-order valence-corrected chi connectivity index (χ4v) is 1.98. The van der Waals surface area contributed by atoms with Gasteiger partial charge in [-0.1, -0.05) is 30.0 Å². The minimum Gasteiger partial charge on any atom is -0.395 e. The third kappa shape index (κ3) is 3.59. The first-order valence-corrected chi connectivity index (χ1v) is 6.56.